The molecule has 0 atom stereocenters. The summed E-state index contributed by atoms with van der Waals surface area (Å²) in [7, 11) is 0. The zero-order valence-corrected chi connectivity index (χ0v) is 13.2. The molecule has 1 amide bonds. The molecule has 0 aromatic heterocycles. The standard InChI is InChI=1S/C16H10ClNO7/c17-6-1-2-8-7(3-6)16(15(23)18-8,11-9(19)4-24-13(11)21)12-10(20)5-25-14(12)22/h1-3,19-20H,4-5H2,(H,18,23). The molecule has 4 rings (SSSR count). The summed E-state index contributed by atoms with van der Waals surface area (Å²) in [6, 6.07) is 4.39. The van der Waals surface area contributed by atoms with Gasteiger partial charge < -0.3 is 25.0 Å². The first-order valence-corrected chi connectivity index (χ1v) is 7.56. The van der Waals surface area contributed by atoms with Gasteiger partial charge >= 0.3 is 11.9 Å². The zero-order valence-electron chi connectivity index (χ0n) is 12.5. The number of ether oxygens (including phenoxy) is 2. The number of carbonyl (C=O) groups excluding carboxylic acids is 3. The molecule has 128 valence electrons. The fourth-order valence-electron chi connectivity index (χ4n) is 3.43. The Labute approximate surface area is 145 Å². The molecular formula is C16H10ClNO7. The highest BCUT2D eigenvalue weighted by Crippen LogP contribution is 2.52. The van der Waals surface area contributed by atoms with E-state index in [9.17, 15) is 24.6 Å². The van der Waals surface area contributed by atoms with Gasteiger partial charge in [0.2, 0.25) is 5.91 Å². The monoisotopic (exact) mass is 363 g/mol. The normalized spacial score (nSPS) is 21.4. The van der Waals surface area contributed by atoms with Crippen molar-refractivity contribution in [2.24, 2.45) is 0 Å². The smallest absolute Gasteiger partial charge is 0.339 e. The van der Waals surface area contributed by atoms with Gasteiger partial charge in [-0.3, -0.25) is 4.79 Å². The number of nitrogens with one attached hydrogen (secondary N) is 1. The number of fused-ring (bicyclic) bond motifs is 1. The van der Waals surface area contributed by atoms with Gasteiger partial charge in [-0.1, -0.05) is 11.6 Å². The van der Waals surface area contributed by atoms with E-state index in [1.807, 2.05) is 0 Å². The summed E-state index contributed by atoms with van der Waals surface area (Å²) < 4.78 is 9.61. The number of esters is 2. The average molecular weight is 364 g/mol. The first-order chi connectivity index (χ1) is 11.9. The molecule has 1 aromatic rings. The van der Waals surface area contributed by atoms with E-state index in [-0.39, 0.29) is 16.3 Å². The molecule has 8 nitrogen and oxygen atoms in total. The Morgan fingerprint density at radius 1 is 1.00 bits per heavy atom. The predicted molar refractivity (Wildman–Crippen MR) is 83.0 cm³/mol. The Bertz CT molecular complexity index is 890. The third-order valence-electron chi connectivity index (χ3n) is 4.39. The molecule has 3 aliphatic heterocycles. The van der Waals surface area contributed by atoms with Gasteiger partial charge in [0.1, 0.15) is 41.3 Å². The fraction of sp³-hybridized carbons (Fsp3) is 0.188. The molecule has 1 aromatic carbocycles. The maximum absolute atomic E-state index is 13.0. The van der Waals surface area contributed by atoms with Gasteiger partial charge in [0.25, 0.3) is 0 Å². The second kappa shape index (κ2) is 5.00. The molecule has 0 radical (unpaired) electrons. The van der Waals surface area contributed by atoms with Crippen LogP contribution in [0.5, 0.6) is 0 Å². The number of halogens is 1. The van der Waals surface area contributed by atoms with Crippen molar-refractivity contribution in [3.05, 3.63) is 51.4 Å². The number of cyclic esters (lactones) is 2. The predicted octanol–water partition coefficient (Wildman–Crippen LogP) is 1.27. The van der Waals surface area contributed by atoms with Crippen LogP contribution in [0.3, 0.4) is 0 Å². The van der Waals surface area contributed by atoms with Crippen molar-refractivity contribution in [2.75, 3.05) is 18.5 Å². The number of aliphatic hydroxyl groups excluding tert-OH is 2. The topological polar surface area (TPSA) is 122 Å². The zero-order chi connectivity index (χ0) is 17.9. The van der Waals surface area contributed by atoms with Crippen LogP contribution in [-0.2, 0) is 29.3 Å². The first-order valence-electron chi connectivity index (χ1n) is 7.18. The molecule has 3 N–H and O–H groups in total. The van der Waals surface area contributed by atoms with Gasteiger partial charge in [0, 0.05) is 16.3 Å². The van der Waals surface area contributed by atoms with Gasteiger partial charge in [-0.05, 0) is 18.2 Å². The van der Waals surface area contributed by atoms with Crippen LogP contribution in [-0.4, -0.2) is 41.3 Å². The van der Waals surface area contributed by atoms with Crippen molar-refractivity contribution < 1.29 is 34.1 Å². The first kappa shape index (κ1) is 15.5. The summed E-state index contributed by atoms with van der Waals surface area (Å²) in [6.45, 7) is -0.885. The Morgan fingerprint density at radius 2 is 1.56 bits per heavy atom. The molecule has 3 aliphatic rings. The second-order valence-electron chi connectivity index (χ2n) is 5.69. The lowest BCUT2D eigenvalue weighted by Gasteiger charge is -2.27. The second-order valence-corrected chi connectivity index (χ2v) is 6.13. The van der Waals surface area contributed by atoms with Crippen LogP contribution >= 0.6 is 11.6 Å². The van der Waals surface area contributed by atoms with Gasteiger partial charge in [-0.25, -0.2) is 9.59 Å². The summed E-state index contributed by atoms with van der Waals surface area (Å²) in [4.78, 5) is 37.5. The highest BCUT2D eigenvalue weighted by Gasteiger charge is 2.62. The Balaban J connectivity index is 2.13. The molecule has 0 fully saturated rings. The van der Waals surface area contributed by atoms with E-state index in [4.69, 9.17) is 21.1 Å². The number of carbonyl (C=O) groups is 3. The van der Waals surface area contributed by atoms with Crippen molar-refractivity contribution in [1.82, 2.24) is 0 Å². The molecular weight excluding hydrogens is 354 g/mol. The molecule has 0 unspecified atom stereocenters. The van der Waals surface area contributed by atoms with E-state index in [0.717, 1.165) is 0 Å². The lowest BCUT2D eigenvalue weighted by atomic mass is 9.68. The van der Waals surface area contributed by atoms with Crippen LogP contribution in [0.15, 0.2) is 40.9 Å². The van der Waals surface area contributed by atoms with E-state index >= 15 is 0 Å². The van der Waals surface area contributed by atoms with Crippen molar-refractivity contribution >= 4 is 35.1 Å². The molecule has 9 heteroatoms. The van der Waals surface area contributed by atoms with Gasteiger partial charge in [-0.2, -0.15) is 0 Å². The van der Waals surface area contributed by atoms with Crippen LogP contribution in [0, 0.1) is 0 Å². The third-order valence-corrected chi connectivity index (χ3v) is 4.62. The summed E-state index contributed by atoms with van der Waals surface area (Å²) in [6.07, 6.45) is 0. The quantitative estimate of drug-likeness (QED) is 0.676. The van der Waals surface area contributed by atoms with E-state index in [2.05, 4.69) is 5.32 Å². The molecule has 0 bridgehead atoms. The number of benzene rings is 1. The largest absolute Gasteiger partial charge is 0.508 e. The summed E-state index contributed by atoms with van der Waals surface area (Å²) in [5.41, 5.74) is -2.55. The fourth-order valence-corrected chi connectivity index (χ4v) is 3.60. The number of amides is 1. The minimum Gasteiger partial charge on any atom is -0.508 e. The van der Waals surface area contributed by atoms with E-state index in [0.29, 0.717) is 0 Å². The van der Waals surface area contributed by atoms with E-state index in [1.54, 1.807) is 0 Å². The number of anilines is 1. The highest BCUT2D eigenvalue weighted by atomic mass is 35.5. The Kier molecular flexibility index (Phi) is 3.10. The summed E-state index contributed by atoms with van der Waals surface area (Å²) in [5.74, 6) is -3.76. The summed E-state index contributed by atoms with van der Waals surface area (Å²) in [5, 5.41) is 23.2. The van der Waals surface area contributed by atoms with Crippen molar-refractivity contribution in [2.45, 2.75) is 5.41 Å². The van der Waals surface area contributed by atoms with E-state index < -0.39 is 59.1 Å². The SMILES string of the molecule is O=C1OCC(O)=C1C1(C2=C(O)COC2=O)C(=O)Nc2ccc(Cl)cc21. The lowest BCUT2D eigenvalue weighted by Crippen LogP contribution is -2.43. The van der Waals surface area contributed by atoms with Gasteiger partial charge in [0.15, 0.2) is 0 Å². The molecule has 0 saturated carbocycles. The van der Waals surface area contributed by atoms with Gasteiger partial charge in [-0.15, -0.1) is 0 Å². The third kappa shape index (κ3) is 1.85. The minimum absolute atomic E-state index is 0.144. The van der Waals surface area contributed by atoms with Crippen molar-refractivity contribution in [3.63, 3.8) is 0 Å². The lowest BCUT2D eigenvalue weighted by molar-refractivity contribution is -0.139. The minimum atomic E-state index is -2.10. The number of rotatable bonds is 2. The molecule has 0 spiro atoms. The Hall–Kier alpha value is -3.00. The van der Waals surface area contributed by atoms with Crippen LogP contribution in [0.2, 0.25) is 5.02 Å². The van der Waals surface area contributed by atoms with Crippen molar-refractivity contribution in [1.29, 1.82) is 0 Å². The Morgan fingerprint density at radius 3 is 2.04 bits per heavy atom. The molecule has 0 saturated heterocycles. The number of aliphatic hydroxyl groups is 2. The van der Waals surface area contributed by atoms with Crippen molar-refractivity contribution in [3.8, 4) is 0 Å². The van der Waals surface area contributed by atoms with Crippen LogP contribution in [0.4, 0.5) is 5.69 Å². The van der Waals surface area contributed by atoms with Crippen LogP contribution in [0.1, 0.15) is 5.56 Å². The maximum atomic E-state index is 13.0. The molecule has 0 aliphatic carbocycles. The number of hydrogen-bond donors (Lipinski definition) is 3. The number of hydrogen-bond acceptors (Lipinski definition) is 7. The highest BCUT2D eigenvalue weighted by molar-refractivity contribution is 6.31. The molecule has 25 heavy (non-hydrogen) atoms. The molecule has 3 heterocycles. The van der Waals surface area contributed by atoms with Crippen LogP contribution in [0.25, 0.3) is 0 Å². The maximum Gasteiger partial charge on any atom is 0.339 e. The van der Waals surface area contributed by atoms with E-state index in [1.165, 1.54) is 18.2 Å². The summed E-state index contributed by atoms with van der Waals surface area (Å²) >= 11 is 6.03. The van der Waals surface area contributed by atoms with Crippen LogP contribution < -0.4 is 5.32 Å². The van der Waals surface area contributed by atoms with Gasteiger partial charge in [0.05, 0.1) is 0 Å². The average Bonchev–Trinajstić information content (AvgIpc) is 3.16.